The van der Waals surface area contributed by atoms with Crippen LogP contribution in [0, 0.1) is 0 Å². The van der Waals surface area contributed by atoms with Crippen molar-refractivity contribution in [1.82, 2.24) is 9.29 Å². The van der Waals surface area contributed by atoms with Crippen LogP contribution in [-0.2, 0) is 17.6 Å². The van der Waals surface area contributed by atoms with Gasteiger partial charge in [0.1, 0.15) is 23.3 Å². The molecule has 1 heterocycles. The Labute approximate surface area is 115 Å². The van der Waals surface area contributed by atoms with Crippen LogP contribution in [0.4, 0.5) is 0 Å². The first-order valence-electron chi connectivity index (χ1n) is 5.88. The minimum absolute atomic E-state index is 0.435. The van der Waals surface area contributed by atoms with Gasteiger partial charge in [0, 0.05) is 12.4 Å². The van der Waals surface area contributed by atoms with Gasteiger partial charge in [0.05, 0.1) is 4.90 Å². The highest BCUT2D eigenvalue weighted by Crippen LogP contribution is 2.23. The van der Waals surface area contributed by atoms with Gasteiger partial charge in [0.2, 0.25) is 0 Å². The first-order valence-corrected chi connectivity index (χ1v) is 6.99. The monoisotopic (exact) mass is 276 g/mol. The minimum atomic E-state index is -1.21. The zero-order chi connectivity index (χ0) is 13.7. The molecule has 0 bridgehead atoms. The number of aromatic nitrogens is 1. The quantitative estimate of drug-likeness (QED) is 0.841. The van der Waals surface area contributed by atoms with E-state index in [2.05, 4.69) is 4.98 Å². The van der Waals surface area contributed by atoms with Gasteiger partial charge < -0.3 is 4.74 Å². The number of ether oxygens (including phenoxy) is 1. The van der Waals surface area contributed by atoms with Gasteiger partial charge in [-0.15, -0.1) is 0 Å². The molecule has 0 aliphatic heterocycles. The van der Waals surface area contributed by atoms with Crippen molar-refractivity contribution in [2.75, 3.05) is 14.1 Å². The lowest BCUT2D eigenvalue weighted by Crippen LogP contribution is -2.16. The molecule has 0 N–H and O–H groups in total. The van der Waals surface area contributed by atoms with Crippen molar-refractivity contribution in [2.45, 2.75) is 11.5 Å². The van der Waals surface area contributed by atoms with Crippen molar-refractivity contribution >= 4 is 11.0 Å². The second-order valence-corrected chi connectivity index (χ2v) is 5.82. The van der Waals surface area contributed by atoms with Crippen molar-refractivity contribution in [3.8, 4) is 5.75 Å². The Morgan fingerprint density at radius 3 is 2.53 bits per heavy atom. The fourth-order valence-electron chi connectivity index (χ4n) is 1.55. The summed E-state index contributed by atoms with van der Waals surface area (Å²) in [7, 11) is 2.34. The molecule has 1 aromatic heterocycles. The predicted octanol–water partition coefficient (Wildman–Crippen LogP) is 2.24. The number of pyridine rings is 1. The van der Waals surface area contributed by atoms with E-state index in [9.17, 15) is 4.21 Å². The van der Waals surface area contributed by atoms with Crippen LogP contribution in [-0.4, -0.2) is 27.6 Å². The van der Waals surface area contributed by atoms with E-state index in [0.717, 1.165) is 5.56 Å². The fourth-order valence-corrected chi connectivity index (χ4v) is 2.44. The second-order valence-electron chi connectivity index (χ2n) is 4.15. The van der Waals surface area contributed by atoms with Crippen LogP contribution < -0.4 is 4.74 Å². The molecule has 1 atom stereocenters. The average Bonchev–Trinajstić information content (AvgIpc) is 2.45. The molecule has 1 aromatic carbocycles. The van der Waals surface area contributed by atoms with Gasteiger partial charge >= 0.3 is 0 Å². The molecule has 0 amide bonds. The zero-order valence-electron chi connectivity index (χ0n) is 10.9. The maximum atomic E-state index is 12.1. The van der Waals surface area contributed by atoms with Gasteiger partial charge in [-0.1, -0.05) is 12.1 Å². The summed E-state index contributed by atoms with van der Waals surface area (Å²) in [4.78, 5) is 4.64. The fraction of sp³-hybridized carbons (Fsp3) is 0.214. The summed E-state index contributed by atoms with van der Waals surface area (Å²) in [5, 5.41) is 0. The molecule has 0 aliphatic rings. The van der Waals surface area contributed by atoms with Crippen LogP contribution >= 0.6 is 0 Å². The topological polar surface area (TPSA) is 42.4 Å². The molecular formula is C14H16N2O2S. The molecule has 100 valence electrons. The van der Waals surface area contributed by atoms with Crippen LogP contribution in [0.3, 0.4) is 0 Å². The third kappa shape index (κ3) is 3.62. The highest BCUT2D eigenvalue weighted by molar-refractivity contribution is 7.82. The molecule has 0 fully saturated rings. The largest absolute Gasteiger partial charge is 0.488 e. The van der Waals surface area contributed by atoms with E-state index in [1.165, 1.54) is 0 Å². The Morgan fingerprint density at radius 1 is 1.16 bits per heavy atom. The molecule has 2 rings (SSSR count). The number of hydrogen-bond acceptors (Lipinski definition) is 3. The Bertz CT molecular complexity index is 558. The molecule has 0 aliphatic carbocycles. The van der Waals surface area contributed by atoms with Crippen LogP contribution in [0.2, 0.25) is 0 Å². The van der Waals surface area contributed by atoms with E-state index in [0.29, 0.717) is 17.3 Å². The first kappa shape index (κ1) is 13.7. The summed E-state index contributed by atoms with van der Waals surface area (Å²) in [6.07, 6.45) is 3.45. The smallest absolute Gasteiger partial charge is 0.137 e. The Hall–Kier alpha value is -1.72. The first-order chi connectivity index (χ1) is 9.18. The zero-order valence-corrected chi connectivity index (χ0v) is 11.8. The molecular weight excluding hydrogens is 260 g/mol. The van der Waals surface area contributed by atoms with Gasteiger partial charge in [-0.3, -0.25) is 4.98 Å². The molecule has 2 aromatic rings. The highest BCUT2D eigenvalue weighted by atomic mass is 32.2. The van der Waals surface area contributed by atoms with Gasteiger partial charge in [0.25, 0.3) is 0 Å². The summed E-state index contributed by atoms with van der Waals surface area (Å²) in [6.45, 7) is 0.435. The Morgan fingerprint density at radius 2 is 1.84 bits per heavy atom. The standard InChI is InChI=1S/C14H16N2O2S/c1-16(2)19(17)14-6-4-3-5-13(14)18-11-12-7-9-15-10-8-12/h3-10H,11H2,1-2H3. The number of nitrogens with zero attached hydrogens (tertiary/aromatic N) is 2. The van der Waals surface area contributed by atoms with Crippen molar-refractivity contribution < 1.29 is 8.95 Å². The normalized spacial score (nSPS) is 12.4. The average molecular weight is 276 g/mol. The number of benzene rings is 1. The summed E-state index contributed by atoms with van der Waals surface area (Å²) >= 11 is 0. The number of rotatable bonds is 5. The number of para-hydroxylation sites is 1. The summed E-state index contributed by atoms with van der Waals surface area (Å²) in [5.41, 5.74) is 1.03. The molecule has 4 nitrogen and oxygen atoms in total. The van der Waals surface area contributed by atoms with Crippen LogP contribution in [0.25, 0.3) is 0 Å². The van der Waals surface area contributed by atoms with Gasteiger partial charge in [0.15, 0.2) is 0 Å². The van der Waals surface area contributed by atoms with Gasteiger partial charge in [-0.25, -0.2) is 8.51 Å². The lowest BCUT2D eigenvalue weighted by Gasteiger charge is -2.14. The molecule has 1 unspecified atom stereocenters. The van der Waals surface area contributed by atoms with E-state index in [-0.39, 0.29) is 0 Å². The summed E-state index contributed by atoms with van der Waals surface area (Å²) < 4.78 is 19.5. The third-order valence-corrected chi connectivity index (χ3v) is 3.89. The molecule has 0 saturated carbocycles. The van der Waals surface area contributed by atoms with E-state index in [1.807, 2.05) is 36.4 Å². The van der Waals surface area contributed by atoms with Gasteiger partial charge in [-0.05, 0) is 43.9 Å². The lowest BCUT2D eigenvalue weighted by atomic mass is 10.3. The van der Waals surface area contributed by atoms with Crippen molar-refractivity contribution in [2.24, 2.45) is 0 Å². The summed E-state index contributed by atoms with van der Waals surface area (Å²) in [5.74, 6) is 0.645. The number of hydrogen-bond donors (Lipinski definition) is 0. The van der Waals surface area contributed by atoms with Crippen molar-refractivity contribution in [1.29, 1.82) is 0 Å². The van der Waals surface area contributed by atoms with Crippen molar-refractivity contribution in [3.05, 3.63) is 54.4 Å². The second kappa shape index (κ2) is 6.45. The molecule has 0 radical (unpaired) electrons. The minimum Gasteiger partial charge on any atom is -0.488 e. The Balaban J connectivity index is 2.14. The van der Waals surface area contributed by atoms with E-state index in [1.54, 1.807) is 30.8 Å². The molecule has 0 spiro atoms. The van der Waals surface area contributed by atoms with Crippen molar-refractivity contribution in [3.63, 3.8) is 0 Å². The van der Waals surface area contributed by atoms with Crippen LogP contribution in [0.1, 0.15) is 5.56 Å². The maximum Gasteiger partial charge on any atom is 0.137 e. The third-order valence-electron chi connectivity index (χ3n) is 2.51. The van der Waals surface area contributed by atoms with Gasteiger partial charge in [-0.2, -0.15) is 0 Å². The maximum absolute atomic E-state index is 12.1. The van der Waals surface area contributed by atoms with E-state index >= 15 is 0 Å². The summed E-state index contributed by atoms with van der Waals surface area (Å²) in [6, 6.07) is 11.2. The van der Waals surface area contributed by atoms with E-state index < -0.39 is 11.0 Å². The molecule has 5 heteroatoms. The lowest BCUT2D eigenvalue weighted by molar-refractivity contribution is 0.298. The molecule has 19 heavy (non-hydrogen) atoms. The Kier molecular flexibility index (Phi) is 4.65. The SMILES string of the molecule is CN(C)S(=O)c1ccccc1OCc1ccncc1. The van der Waals surface area contributed by atoms with E-state index in [4.69, 9.17) is 4.74 Å². The van der Waals surface area contributed by atoms with Crippen LogP contribution in [0.15, 0.2) is 53.7 Å². The highest BCUT2D eigenvalue weighted by Gasteiger charge is 2.12. The van der Waals surface area contributed by atoms with Crippen LogP contribution in [0.5, 0.6) is 5.75 Å². The predicted molar refractivity (Wildman–Crippen MR) is 75.1 cm³/mol. The molecule has 0 saturated heterocycles.